The molecule has 3 nitrogen and oxygen atoms in total. The number of nitrogens with zero attached hydrogens (tertiary/aromatic N) is 1. The van der Waals surface area contributed by atoms with Crippen molar-refractivity contribution in [2.75, 3.05) is 0 Å². The molecule has 0 spiro atoms. The number of carbonyl (C=O) groups excluding carboxylic acids is 1. The first-order valence-electron chi connectivity index (χ1n) is 3.57. The maximum atomic E-state index is 13.5. The number of nitriles is 1. The number of halogens is 1. The summed E-state index contributed by atoms with van der Waals surface area (Å²) in [6, 6.07) is 8.65. The predicted molar refractivity (Wildman–Crippen MR) is 44.0 cm³/mol. The van der Waals surface area contributed by atoms with Gasteiger partial charge in [-0.15, -0.1) is 0 Å². The van der Waals surface area contributed by atoms with Crippen molar-refractivity contribution in [3.8, 4) is 6.07 Å². The Morgan fingerprint density at radius 2 is 2.00 bits per heavy atom. The van der Waals surface area contributed by atoms with Crippen molar-refractivity contribution in [3.05, 3.63) is 35.9 Å². The molecule has 0 radical (unpaired) electrons. The highest BCUT2D eigenvalue weighted by molar-refractivity contribution is 5.87. The molecular weight excluding hydrogens is 171 g/mol. The van der Waals surface area contributed by atoms with E-state index in [9.17, 15) is 9.18 Å². The molecule has 0 aliphatic carbocycles. The molecule has 1 aromatic carbocycles. The van der Waals surface area contributed by atoms with Crippen molar-refractivity contribution < 1.29 is 9.18 Å². The molecule has 0 aliphatic heterocycles. The summed E-state index contributed by atoms with van der Waals surface area (Å²) in [7, 11) is 0. The molecule has 0 saturated heterocycles. The van der Waals surface area contributed by atoms with Crippen molar-refractivity contribution in [1.82, 2.24) is 0 Å². The summed E-state index contributed by atoms with van der Waals surface area (Å²) in [6.07, 6.45) is 0. The van der Waals surface area contributed by atoms with E-state index in [1.807, 2.05) is 0 Å². The monoisotopic (exact) mass is 178 g/mol. The fourth-order valence-corrected chi connectivity index (χ4v) is 0.930. The third-order valence-electron chi connectivity index (χ3n) is 1.67. The lowest BCUT2D eigenvalue weighted by Gasteiger charge is -2.12. The Balaban J connectivity index is 3.21. The maximum absolute atomic E-state index is 13.5. The number of alkyl halides is 1. The van der Waals surface area contributed by atoms with Gasteiger partial charge in [-0.3, -0.25) is 4.79 Å². The Morgan fingerprint density at radius 3 is 2.38 bits per heavy atom. The van der Waals surface area contributed by atoms with Crippen LogP contribution >= 0.6 is 0 Å². The van der Waals surface area contributed by atoms with Gasteiger partial charge in [0, 0.05) is 5.56 Å². The highest BCUT2D eigenvalue weighted by Gasteiger charge is 2.38. The second-order valence-electron chi connectivity index (χ2n) is 2.50. The molecule has 66 valence electrons. The summed E-state index contributed by atoms with van der Waals surface area (Å²) in [5.74, 6) is -1.29. The van der Waals surface area contributed by atoms with Crippen molar-refractivity contribution in [1.29, 1.82) is 5.26 Å². The van der Waals surface area contributed by atoms with Crippen molar-refractivity contribution in [2.24, 2.45) is 5.73 Å². The number of rotatable bonds is 2. The summed E-state index contributed by atoms with van der Waals surface area (Å²) in [4.78, 5) is 10.7. The minimum atomic E-state index is -2.72. The van der Waals surface area contributed by atoms with Crippen LogP contribution in [0.4, 0.5) is 4.39 Å². The van der Waals surface area contributed by atoms with Crippen LogP contribution in [0.5, 0.6) is 0 Å². The van der Waals surface area contributed by atoms with Gasteiger partial charge in [0.05, 0.1) is 0 Å². The molecule has 1 aromatic rings. The molecule has 4 heteroatoms. The van der Waals surface area contributed by atoms with Crippen LogP contribution in [0.15, 0.2) is 30.3 Å². The first-order chi connectivity index (χ1) is 6.11. The third kappa shape index (κ3) is 1.49. The van der Waals surface area contributed by atoms with Gasteiger partial charge >= 0.3 is 0 Å². The number of hydrogen-bond acceptors (Lipinski definition) is 2. The van der Waals surface area contributed by atoms with Gasteiger partial charge in [0.15, 0.2) is 0 Å². The normalized spacial score (nSPS) is 14.2. The molecule has 13 heavy (non-hydrogen) atoms. The second kappa shape index (κ2) is 3.23. The molecule has 0 aromatic heterocycles. The van der Waals surface area contributed by atoms with Crippen LogP contribution in [0.1, 0.15) is 5.56 Å². The minimum Gasteiger partial charge on any atom is -0.366 e. The van der Waals surface area contributed by atoms with Gasteiger partial charge in [0.25, 0.3) is 11.6 Å². The number of nitrogens with two attached hydrogens (primary N) is 1. The molecule has 1 atom stereocenters. The van der Waals surface area contributed by atoms with E-state index in [0.29, 0.717) is 0 Å². The summed E-state index contributed by atoms with van der Waals surface area (Å²) >= 11 is 0. The molecule has 1 unspecified atom stereocenters. The lowest BCUT2D eigenvalue weighted by atomic mass is 9.97. The van der Waals surface area contributed by atoms with Gasteiger partial charge in [-0.2, -0.15) is 5.26 Å². The van der Waals surface area contributed by atoms with E-state index in [4.69, 9.17) is 11.0 Å². The van der Waals surface area contributed by atoms with Crippen LogP contribution in [0.3, 0.4) is 0 Å². The molecule has 0 aliphatic rings. The molecule has 1 rings (SSSR count). The van der Waals surface area contributed by atoms with Crippen LogP contribution in [0.2, 0.25) is 0 Å². The van der Waals surface area contributed by atoms with Gasteiger partial charge in [0.1, 0.15) is 6.07 Å². The van der Waals surface area contributed by atoms with E-state index in [1.54, 1.807) is 6.07 Å². The highest BCUT2D eigenvalue weighted by Crippen LogP contribution is 2.24. The average Bonchev–Trinajstić information content (AvgIpc) is 2.17. The van der Waals surface area contributed by atoms with E-state index in [1.165, 1.54) is 30.3 Å². The van der Waals surface area contributed by atoms with Crippen LogP contribution in [0.25, 0.3) is 0 Å². The van der Waals surface area contributed by atoms with Crippen LogP contribution in [0, 0.1) is 11.3 Å². The zero-order valence-corrected chi connectivity index (χ0v) is 6.70. The van der Waals surface area contributed by atoms with Gasteiger partial charge in [-0.1, -0.05) is 30.3 Å². The smallest absolute Gasteiger partial charge is 0.297 e. The largest absolute Gasteiger partial charge is 0.366 e. The second-order valence-corrected chi connectivity index (χ2v) is 2.50. The minimum absolute atomic E-state index is 0.0370. The fourth-order valence-electron chi connectivity index (χ4n) is 0.930. The summed E-state index contributed by atoms with van der Waals surface area (Å²) < 4.78 is 13.5. The van der Waals surface area contributed by atoms with E-state index in [-0.39, 0.29) is 5.56 Å². The SMILES string of the molecule is N#CC(F)(C(N)=O)c1ccccc1. The Bertz CT molecular complexity index is 358. The quantitative estimate of drug-likeness (QED) is 0.729. The summed E-state index contributed by atoms with van der Waals surface area (Å²) in [5.41, 5.74) is 2.02. The van der Waals surface area contributed by atoms with Gasteiger partial charge in [-0.25, -0.2) is 4.39 Å². The van der Waals surface area contributed by atoms with E-state index in [0.717, 1.165) is 0 Å². The predicted octanol–water partition coefficient (Wildman–Crippen LogP) is 0.860. The van der Waals surface area contributed by atoms with Crippen LogP contribution in [-0.4, -0.2) is 5.91 Å². The van der Waals surface area contributed by atoms with Crippen LogP contribution in [-0.2, 0) is 10.5 Å². The lowest BCUT2D eigenvalue weighted by molar-refractivity contribution is -0.126. The topological polar surface area (TPSA) is 66.9 Å². The van der Waals surface area contributed by atoms with Gasteiger partial charge in [-0.05, 0) is 0 Å². The number of amides is 1. The highest BCUT2D eigenvalue weighted by atomic mass is 19.1. The molecule has 0 saturated carbocycles. The Labute approximate surface area is 74.6 Å². The number of hydrogen-bond donors (Lipinski definition) is 1. The molecule has 1 amide bonds. The van der Waals surface area contributed by atoms with Gasteiger partial charge in [0.2, 0.25) is 0 Å². The first kappa shape index (κ1) is 9.20. The molecule has 0 heterocycles. The van der Waals surface area contributed by atoms with E-state index in [2.05, 4.69) is 0 Å². The average molecular weight is 178 g/mol. The van der Waals surface area contributed by atoms with Gasteiger partial charge < -0.3 is 5.73 Å². The zero-order chi connectivity index (χ0) is 9.90. The summed E-state index contributed by atoms with van der Waals surface area (Å²) in [5, 5.41) is 8.48. The standard InChI is InChI=1S/C9H7FN2O/c10-9(6-11,8(12)13)7-4-2-1-3-5-7/h1-5H,(H2,12,13). The van der Waals surface area contributed by atoms with Crippen molar-refractivity contribution >= 4 is 5.91 Å². The summed E-state index contributed by atoms with van der Waals surface area (Å²) in [6.45, 7) is 0. The third-order valence-corrected chi connectivity index (χ3v) is 1.67. The fraction of sp³-hybridized carbons (Fsp3) is 0.111. The number of benzene rings is 1. The zero-order valence-electron chi connectivity index (χ0n) is 6.70. The maximum Gasteiger partial charge on any atom is 0.297 e. The van der Waals surface area contributed by atoms with E-state index < -0.39 is 11.6 Å². The molecule has 0 fully saturated rings. The first-order valence-corrected chi connectivity index (χ1v) is 3.57. The van der Waals surface area contributed by atoms with E-state index >= 15 is 0 Å². The molecule has 2 N–H and O–H groups in total. The molecular formula is C9H7FN2O. The Morgan fingerprint density at radius 1 is 1.46 bits per heavy atom. The van der Waals surface area contributed by atoms with Crippen molar-refractivity contribution in [2.45, 2.75) is 5.67 Å². The van der Waals surface area contributed by atoms with Crippen LogP contribution < -0.4 is 5.73 Å². The molecule has 0 bridgehead atoms. The lowest BCUT2D eigenvalue weighted by Crippen LogP contribution is -2.35. The van der Waals surface area contributed by atoms with Crippen molar-refractivity contribution in [3.63, 3.8) is 0 Å². The number of primary amides is 1. The Hall–Kier alpha value is -1.89. The Kier molecular flexibility index (Phi) is 2.29. The number of carbonyl (C=O) groups is 1.